The summed E-state index contributed by atoms with van der Waals surface area (Å²) in [6.07, 6.45) is 1.49. The Morgan fingerprint density at radius 2 is 1.65 bits per heavy atom. The molecular weight excluding hydrogens is 348 g/mol. The van der Waals surface area contributed by atoms with Crippen molar-refractivity contribution in [1.82, 2.24) is 0 Å². The topological polar surface area (TPSA) is 66.5 Å². The van der Waals surface area contributed by atoms with Gasteiger partial charge in [0.2, 0.25) is 15.9 Å². The molecule has 2 aromatic carbocycles. The number of hydrogen-bond acceptors (Lipinski definition) is 3. The molecule has 0 saturated heterocycles. The van der Waals surface area contributed by atoms with Crippen molar-refractivity contribution in [3.63, 3.8) is 0 Å². The SMILES string of the molecule is CC[C@@H](C(=O)Nc1c(C)cccc1C)N(c1cccc(C)c1)S(C)(=O)=O. The van der Waals surface area contributed by atoms with Crippen LogP contribution in [-0.2, 0) is 14.8 Å². The minimum atomic E-state index is -3.63. The van der Waals surface area contributed by atoms with Crippen LogP contribution in [0.15, 0.2) is 42.5 Å². The van der Waals surface area contributed by atoms with E-state index in [-0.39, 0.29) is 5.91 Å². The van der Waals surface area contributed by atoms with Crippen LogP contribution in [0.3, 0.4) is 0 Å². The lowest BCUT2D eigenvalue weighted by Crippen LogP contribution is -2.47. The van der Waals surface area contributed by atoms with Crippen molar-refractivity contribution in [3.05, 3.63) is 59.2 Å². The third-order valence-electron chi connectivity index (χ3n) is 4.32. The maximum absolute atomic E-state index is 13.0. The highest BCUT2D eigenvalue weighted by molar-refractivity contribution is 7.92. The zero-order valence-corrected chi connectivity index (χ0v) is 16.7. The molecule has 0 fully saturated rings. The Morgan fingerprint density at radius 3 is 2.15 bits per heavy atom. The van der Waals surface area contributed by atoms with E-state index in [9.17, 15) is 13.2 Å². The Labute approximate surface area is 156 Å². The molecule has 6 heteroatoms. The third kappa shape index (κ3) is 4.43. The fourth-order valence-corrected chi connectivity index (χ4v) is 4.25. The Kier molecular flexibility index (Phi) is 6.08. The number of aryl methyl sites for hydroxylation is 3. The number of benzene rings is 2. The van der Waals surface area contributed by atoms with Gasteiger partial charge in [-0.25, -0.2) is 8.42 Å². The van der Waals surface area contributed by atoms with Crippen LogP contribution >= 0.6 is 0 Å². The lowest BCUT2D eigenvalue weighted by molar-refractivity contribution is -0.117. The predicted molar refractivity (Wildman–Crippen MR) is 107 cm³/mol. The van der Waals surface area contributed by atoms with Crippen LogP contribution in [0.1, 0.15) is 30.0 Å². The van der Waals surface area contributed by atoms with E-state index in [1.165, 1.54) is 4.31 Å². The summed E-state index contributed by atoms with van der Waals surface area (Å²) in [5.41, 5.74) is 4.04. The minimum absolute atomic E-state index is 0.336. The first-order valence-electron chi connectivity index (χ1n) is 8.58. The van der Waals surface area contributed by atoms with Gasteiger partial charge < -0.3 is 5.32 Å². The number of sulfonamides is 1. The fraction of sp³-hybridized carbons (Fsp3) is 0.350. The van der Waals surface area contributed by atoms with Crippen molar-refractivity contribution in [2.24, 2.45) is 0 Å². The van der Waals surface area contributed by atoms with Gasteiger partial charge in [0.25, 0.3) is 0 Å². The quantitative estimate of drug-likeness (QED) is 0.836. The third-order valence-corrected chi connectivity index (χ3v) is 5.50. The molecule has 0 spiro atoms. The van der Waals surface area contributed by atoms with Crippen molar-refractivity contribution >= 4 is 27.3 Å². The molecule has 1 amide bonds. The largest absolute Gasteiger partial charge is 0.324 e. The molecule has 26 heavy (non-hydrogen) atoms. The number of hydrogen-bond donors (Lipinski definition) is 1. The van der Waals surface area contributed by atoms with Gasteiger partial charge >= 0.3 is 0 Å². The van der Waals surface area contributed by atoms with E-state index in [4.69, 9.17) is 0 Å². The molecule has 0 radical (unpaired) electrons. The van der Waals surface area contributed by atoms with Crippen LogP contribution in [-0.4, -0.2) is 26.6 Å². The van der Waals surface area contributed by atoms with Crippen molar-refractivity contribution in [3.8, 4) is 0 Å². The van der Waals surface area contributed by atoms with E-state index in [2.05, 4.69) is 5.32 Å². The molecule has 0 bridgehead atoms. The number of para-hydroxylation sites is 1. The zero-order chi connectivity index (χ0) is 19.5. The molecule has 0 aliphatic rings. The van der Waals surface area contributed by atoms with Gasteiger partial charge in [0.15, 0.2) is 0 Å². The number of rotatable bonds is 6. The van der Waals surface area contributed by atoms with Crippen LogP contribution in [0.2, 0.25) is 0 Å². The molecule has 0 saturated carbocycles. The molecule has 0 heterocycles. The van der Waals surface area contributed by atoms with Crippen molar-refractivity contribution in [2.45, 2.75) is 40.2 Å². The van der Waals surface area contributed by atoms with Crippen molar-refractivity contribution < 1.29 is 13.2 Å². The van der Waals surface area contributed by atoms with Crippen LogP contribution in [0, 0.1) is 20.8 Å². The molecular formula is C20H26N2O3S. The van der Waals surface area contributed by atoms with Crippen LogP contribution in [0.4, 0.5) is 11.4 Å². The summed E-state index contributed by atoms with van der Waals surface area (Å²) in [4.78, 5) is 13.0. The second-order valence-electron chi connectivity index (χ2n) is 6.58. The van der Waals surface area contributed by atoms with E-state index < -0.39 is 16.1 Å². The second-order valence-corrected chi connectivity index (χ2v) is 8.44. The maximum Gasteiger partial charge on any atom is 0.248 e. The summed E-state index contributed by atoms with van der Waals surface area (Å²) in [6.45, 7) is 7.53. The van der Waals surface area contributed by atoms with Gasteiger partial charge in [-0.2, -0.15) is 0 Å². The maximum atomic E-state index is 13.0. The molecule has 0 aliphatic heterocycles. The number of nitrogens with zero attached hydrogens (tertiary/aromatic N) is 1. The van der Waals surface area contributed by atoms with Crippen LogP contribution in [0.25, 0.3) is 0 Å². The highest BCUT2D eigenvalue weighted by Gasteiger charge is 2.31. The summed E-state index contributed by atoms with van der Waals surface area (Å²) < 4.78 is 26.2. The van der Waals surface area contributed by atoms with Gasteiger partial charge in [-0.1, -0.05) is 37.3 Å². The number of anilines is 2. The Hall–Kier alpha value is -2.34. The number of amides is 1. The van der Waals surface area contributed by atoms with Crippen LogP contribution < -0.4 is 9.62 Å². The number of carbonyl (C=O) groups excluding carboxylic acids is 1. The lowest BCUT2D eigenvalue weighted by Gasteiger charge is -2.30. The standard InChI is InChI=1S/C20H26N2O3S/c1-6-18(20(23)21-19-15(3)10-8-11-16(19)4)22(26(5,24)25)17-12-7-9-14(2)13-17/h7-13,18H,6H2,1-5H3,(H,21,23)/t18-/m0/s1. The van der Waals surface area contributed by atoms with E-state index in [1.807, 2.05) is 52.0 Å². The Morgan fingerprint density at radius 1 is 1.08 bits per heavy atom. The molecule has 140 valence electrons. The van der Waals surface area contributed by atoms with Gasteiger partial charge in [0.1, 0.15) is 6.04 Å². The molecule has 0 aliphatic carbocycles. The second kappa shape index (κ2) is 7.91. The van der Waals surface area contributed by atoms with E-state index in [0.717, 1.165) is 28.6 Å². The fourth-order valence-electron chi connectivity index (χ4n) is 3.04. The van der Waals surface area contributed by atoms with Gasteiger partial charge in [-0.3, -0.25) is 9.10 Å². The molecule has 2 rings (SSSR count). The molecule has 1 N–H and O–H groups in total. The zero-order valence-electron chi connectivity index (χ0n) is 15.9. The first kappa shape index (κ1) is 20.0. The van der Waals surface area contributed by atoms with Gasteiger partial charge in [0, 0.05) is 5.69 Å². The molecule has 5 nitrogen and oxygen atoms in total. The minimum Gasteiger partial charge on any atom is -0.324 e. The van der Waals surface area contributed by atoms with E-state index in [0.29, 0.717) is 12.1 Å². The van der Waals surface area contributed by atoms with Gasteiger partial charge in [0.05, 0.1) is 11.9 Å². The number of carbonyl (C=O) groups is 1. The lowest BCUT2D eigenvalue weighted by atomic mass is 10.1. The van der Waals surface area contributed by atoms with Crippen molar-refractivity contribution in [2.75, 3.05) is 15.9 Å². The molecule has 0 unspecified atom stereocenters. The molecule has 1 atom stereocenters. The molecule has 2 aromatic rings. The summed E-state index contributed by atoms with van der Waals surface area (Å²) in [5, 5.41) is 2.92. The first-order chi connectivity index (χ1) is 12.1. The Balaban J connectivity index is 2.43. The first-order valence-corrected chi connectivity index (χ1v) is 10.4. The highest BCUT2D eigenvalue weighted by atomic mass is 32.2. The normalized spacial score (nSPS) is 12.5. The van der Waals surface area contributed by atoms with E-state index >= 15 is 0 Å². The molecule has 0 aromatic heterocycles. The van der Waals surface area contributed by atoms with E-state index in [1.54, 1.807) is 18.2 Å². The monoisotopic (exact) mass is 374 g/mol. The smallest absolute Gasteiger partial charge is 0.248 e. The van der Waals surface area contributed by atoms with Gasteiger partial charge in [-0.05, 0) is 56.0 Å². The summed E-state index contributed by atoms with van der Waals surface area (Å²) in [7, 11) is -3.63. The highest BCUT2D eigenvalue weighted by Crippen LogP contribution is 2.25. The number of nitrogens with one attached hydrogen (secondary N) is 1. The summed E-state index contributed by atoms with van der Waals surface area (Å²) in [5.74, 6) is -0.336. The summed E-state index contributed by atoms with van der Waals surface area (Å²) >= 11 is 0. The van der Waals surface area contributed by atoms with Crippen LogP contribution in [0.5, 0.6) is 0 Å². The average Bonchev–Trinajstić information content (AvgIpc) is 2.54. The predicted octanol–water partition coefficient (Wildman–Crippen LogP) is 3.80. The Bertz CT molecular complexity index is 887. The van der Waals surface area contributed by atoms with Crippen molar-refractivity contribution in [1.29, 1.82) is 0 Å². The van der Waals surface area contributed by atoms with Gasteiger partial charge in [-0.15, -0.1) is 0 Å². The average molecular weight is 375 g/mol. The summed E-state index contributed by atoms with van der Waals surface area (Å²) in [6, 6.07) is 12.1.